The fourth-order valence-electron chi connectivity index (χ4n) is 1.47. The Bertz CT molecular complexity index is 660. The number of hydrogen-bond donors (Lipinski definition) is 2. The summed E-state index contributed by atoms with van der Waals surface area (Å²) in [7, 11) is 3.29. The summed E-state index contributed by atoms with van der Waals surface area (Å²) in [6.45, 7) is 0.00330. The van der Waals surface area contributed by atoms with Gasteiger partial charge in [0, 0.05) is 19.8 Å². The van der Waals surface area contributed by atoms with Crippen molar-refractivity contribution in [2.45, 2.75) is 4.34 Å². The number of anilines is 2. The molecule has 0 spiro atoms. The summed E-state index contributed by atoms with van der Waals surface area (Å²) in [5.41, 5.74) is 0.931. The summed E-state index contributed by atoms with van der Waals surface area (Å²) in [5, 5.41) is 14.4. The molecule has 2 N–H and O–H groups in total. The number of aromatic nitrogens is 2. The third-order valence-electron chi connectivity index (χ3n) is 2.69. The van der Waals surface area contributed by atoms with Crippen molar-refractivity contribution in [1.29, 1.82) is 0 Å². The summed E-state index contributed by atoms with van der Waals surface area (Å²) < 4.78 is 0.692. The van der Waals surface area contributed by atoms with E-state index in [9.17, 15) is 9.59 Å². The summed E-state index contributed by atoms with van der Waals surface area (Å²) >= 11 is 2.66. The van der Waals surface area contributed by atoms with Gasteiger partial charge in [-0.25, -0.2) is 0 Å². The topological polar surface area (TPSA) is 87.2 Å². The maximum atomic E-state index is 11.7. The molecule has 23 heavy (non-hydrogen) atoms. The van der Waals surface area contributed by atoms with Crippen LogP contribution in [-0.4, -0.2) is 53.3 Å². The molecule has 0 aliphatic carbocycles. The van der Waals surface area contributed by atoms with Crippen LogP contribution in [0.4, 0.5) is 10.8 Å². The zero-order valence-electron chi connectivity index (χ0n) is 12.8. The van der Waals surface area contributed by atoms with Gasteiger partial charge in [-0.05, 0) is 12.1 Å². The Labute approximate surface area is 142 Å². The molecule has 0 bridgehead atoms. The number of likely N-dealkylation sites (N-methyl/N-ethyl adjacent to an activating group) is 1. The van der Waals surface area contributed by atoms with Crippen LogP contribution in [0.2, 0.25) is 0 Å². The third-order valence-corrected chi connectivity index (χ3v) is 4.67. The predicted molar refractivity (Wildman–Crippen MR) is 92.1 cm³/mol. The number of nitrogens with zero attached hydrogens (tertiary/aromatic N) is 3. The van der Waals surface area contributed by atoms with Gasteiger partial charge in [-0.3, -0.25) is 9.59 Å². The highest BCUT2D eigenvalue weighted by molar-refractivity contribution is 8.01. The minimum atomic E-state index is -0.210. The van der Waals surface area contributed by atoms with Gasteiger partial charge in [0.1, 0.15) is 0 Å². The van der Waals surface area contributed by atoms with Crippen LogP contribution >= 0.6 is 23.1 Å². The van der Waals surface area contributed by atoms with E-state index in [0.717, 1.165) is 5.69 Å². The molecule has 122 valence electrons. The van der Waals surface area contributed by atoms with Crippen molar-refractivity contribution in [3.8, 4) is 0 Å². The maximum absolute atomic E-state index is 11.7. The Morgan fingerprint density at radius 3 is 2.65 bits per heavy atom. The molecule has 0 saturated heterocycles. The van der Waals surface area contributed by atoms with Crippen molar-refractivity contribution < 1.29 is 9.59 Å². The summed E-state index contributed by atoms with van der Waals surface area (Å²) in [6.07, 6.45) is 0. The lowest BCUT2D eigenvalue weighted by atomic mass is 10.3. The second-order valence-corrected chi connectivity index (χ2v) is 6.92. The second-order valence-electron chi connectivity index (χ2n) is 4.72. The van der Waals surface area contributed by atoms with Crippen LogP contribution in [0, 0.1) is 0 Å². The molecule has 0 radical (unpaired) electrons. The van der Waals surface area contributed by atoms with Gasteiger partial charge in [0.05, 0.1) is 12.3 Å². The van der Waals surface area contributed by atoms with E-state index in [4.69, 9.17) is 0 Å². The van der Waals surface area contributed by atoms with Gasteiger partial charge in [-0.1, -0.05) is 41.3 Å². The molecule has 7 nitrogen and oxygen atoms in total. The van der Waals surface area contributed by atoms with E-state index in [1.165, 1.54) is 28.0 Å². The van der Waals surface area contributed by atoms with Crippen molar-refractivity contribution in [3.63, 3.8) is 0 Å². The van der Waals surface area contributed by atoms with Crippen LogP contribution in [0.1, 0.15) is 0 Å². The number of benzene rings is 1. The SMILES string of the molecule is CN(C)C(=O)CNC(=O)CSc1nnc(Nc2ccccc2)s1. The molecule has 9 heteroatoms. The molecule has 1 aromatic heterocycles. The quantitative estimate of drug-likeness (QED) is 0.737. The average Bonchev–Trinajstić information content (AvgIpc) is 2.99. The number of rotatable bonds is 7. The molecule has 2 amide bonds. The first kappa shape index (κ1) is 17.2. The van der Waals surface area contributed by atoms with Gasteiger partial charge in [-0.2, -0.15) is 0 Å². The Morgan fingerprint density at radius 2 is 1.96 bits per heavy atom. The van der Waals surface area contributed by atoms with E-state index in [1.54, 1.807) is 14.1 Å². The van der Waals surface area contributed by atoms with Gasteiger partial charge >= 0.3 is 0 Å². The third kappa shape index (κ3) is 5.87. The first-order chi connectivity index (χ1) is 11.0. The van der Waals surface area contributed by atoms with Crippen LogP contribution in [0.5, 0.6) is 0 Å². The Hall–Kier alpha value is -2.13. The smallest absolute Gasteiger partial charge is 0.241 e. The monoisotopic (exact) mass is 351 g/mol. The molecule has 2 rings (SSSR count). The number of para-hydroxylation sites is 1. The van der Waals surface area contributed by atoms with E-state index >= 15 is 0 Å². The molecule has 1 aromatic carbocycles. The number of thioether (sulfide) groups is 1. The number of hydrogen-bond acceptors (Lipinski definition) is 7. The standard InChI is InChI=1S/C14H17N5O2S2/c1-19(2)12(21)8-15-11(20)9-22-14-18-17-13(23-14)16-10-6-4-3-5-7-10/h3-7H,8-9H2,1-2H3,(H,15,20)(H,16,17). The van der Waals surface area contributed by atoms with Crippen LogP contribution in [0.3, 0.4) is 0 Å². The van der Waals surface area contributed by atoms with Gasteiger partial charge in [0.2, 0.25) is 16.9 Å². The Morgan fingerprint density at radius 1 is 1.22 bits per heavy atom. The van der Waals surface area contributed by atoms with Gasteiger partial charge in [0.25, 0.3) is 0 Å². The highest BCUT2D eigenvalue weighted by atomic mass is 32.2. The number of nitrogens with one attached hydrogen (secondary N) is 2. The van der Waals surface area contributed by atoms with Crippen LogP contribution in [-0.2, 0) is 9.59 Å². The Kier molecular flexibility index (Phi) is 6.36. The van der Waals surface area contributed by atoms with Crippen molar-refractivity contribution in [1.82, 2.24) is 20.4 Å². The molecule has 0 aliphatic heterocycles. The van der Waals surface area contributed by atoms with Crippen LogP contribution in [0.25, 0.3) is 0 Å². The molecule has 0 fully saturated rings. The molecule has 0 aliphatic rings. The molecule has 0 saturated carbocycles. The number of carbonyl (C=O) groups excluding carboxylic acids is 2. The van der Waals surface area contributed by atoms with E-state index < -0.39 is 0 Å². The van der Waals surface area contributed by atoms with E-state index in [-0.39, 0.29) is 24.1 Å². The van der Waals surface area contributed by atoms with E-state index in [2.05, 4.69) is 20.8 Å². The minimum absolute atomic E-state index is 0.00330. The molecule has 0 unspecified atom stereocenters. The zero-order chi connectivity index (χ0) is 16.7. The average molecular weight is 351 g/mol. The van der Waals surface area contributed by atoms with Gasteiger partial charge in [0.15, 0.2) is 4.34 Å². The van der Waals surface area contributed by atoms with Gasteiger partial charge in [-0.15, -0.1) is 10.2 Å². The van der Waals surface area contributed by atoms with Crippen LogP contribution in [0.15, 0.2) is 34.7 Å². The first-order valence-corrected chi connectivity index (χ1v) is 8.60. The number of amides is 2. The second kappa shape index (κ2) is 8.49. The Balaban J connectivity index is 1.76. The molecule has 2 aromatic rings. The fourth-order valence-corrected chi connectivity index (χ4v) is 3.08. The molecular formula is C14H17N5O2S2. The highest BCUT2D eigenvalue weighted by Gasteiger charge is 2.10. The fraction of sp³-hybridized carbons (Fsp3) is 0.286. The maximum Gasteiger partial charge on any atom is 0.241 e. The van der Waals surface area contributed by atoms with Crippen molar-refractivity contribution in [2.24, 2.45) is 0 Å². The lowest BCUT2D eigenvalue weighted by Gasteiger charge is -2.10. The summed E-state index contributed by atoms with van der Waals surface area (Å²) in [6, 6.07) is 9.66. The van der Waals surface area contributed by atoms with Crippen molar-refractivity contribution in [2.75, 3.05) is 31.7 Å². The van der Waals surface area contributed by atoms with E-state index in [0.29, 0.717) is 9.47 Å². The highest BCUT2D eigenvalue weighted by Crippen LogP contribution is 2.27. The first-order valence-electron chi connectivity index (χ1n) is 6.80. The number of carbonyl (C=O) groups is 2. The van der Waals surface area contributed by atoms with E-state index in [1.807, 2.05) is 30.3 Å². The van der Waals surface area contributed by atoms with Crippen LogP contribution < -0.4 is 10.6 Å². The molecular weight excluding hydrogens is 334 g/mol. The normalized spacial score (nSPS) is 10.2. The largest absolute Gasteiger partial charge is 0.347 e. The molecule has 1 heterocycles. The zero-order valence-corrected chi connectivity index (χ0v) is 14.4. The van der Waals surface area contributed by atoms with Crippen molar-refractivity contribution in [3.05, 3.63) is 30.3 Å². The van der Waals surface area contributed by atoms with Gasteiger partial charge < -0.3 is 15.5 Å². The predicted octanol–water partition coefficient (Wildman–Crippen LogP) is 1.58. The lowest BCUT2D eigenvalue weighted by molar-refractivity contribution is -0.130. The molecule has 0 atom stereocenters. The van der Waals surface area contributed by atoms with Crippen molar-refractivity contribution >= 4 is 45.7 Å². The minimum Gasteiger partial charge on any atom is -0.347 e. The summed E-state index contributed by atoms with van der Waals surface area (Å²) in [4.78, 5) is 24.5. The lowest BCUT2D eigenvalue weighted by Crippen LogP contribution is -2.36. The summed E-state index contributed by atoms with van der Waals surface area (Å²) in [5.74, 6) is -0.160.